The van der Waals surface area contributed by atoms with Gasteiger partial charge in [-0.2, -0.15) is 0 Å². The Balaban J connectivity index is 1.99. The zero-order valence-electron chi connectivity index (χ0n) is 13.2. The third-order valence-electron chi connectivity index (χ3n) is 3.02. The number of benzene rings is 1. The van der Waals surface area contributed by atoms with Crippen molar-refractivity contribution in [2.75, 3.05) is 19.8 Å². The second kappa shape index (κ2) is 8.21. The van der Waals surface area contributed by atoms with Crippen molar-refractivity contribution in [3.8, 4) is 0 Å². The van der Waals surface area contributed by atoms with Crippen LogP contribution in [-0.4, -0.2) is 42.5 Å². The first-order chi connectivity index (χ1) is 11.5. The Morgan fingerprint density at radius 1 is 1.04 bits per heavy atom. The summed E-state index contributed by atoms with van der Waals surface area (Å²) in [6.07, 6.45) is 1.37. The number of furan rings is 1. The Bertz CT molecular complexity index is 729. The van der Waals surface area contributed by atoms with Crippen LogP contribution < -0.4 is 10.9 Å². The van der Waals surface area contributed by atoms with E-state index in [-0.39, 0.29) is 17.4 Å². The van der Waals surface area contributed by atoms with E-state index in [1.54, 1.807) is 44.4 Å². The molecule has 0 saturated carbocycles. The molecule has 1 heterocycles. The first-order valence-electron chi connectivity index (χ1n) is 7.05. The third-order valence-corrected chi connectivity index (χ3v) is 4.07. The molecule has 0 aliphatic carbocycles. The van der Waals surface area contributed by atoms with Crippen molar-refractivity contribution >= 4 is 29.5 Å². The SMILES string of the molecule is CN(C)C(=O)CSc1ccccc1C(=O)NNC(=O)c1ccco1. The Hall–Kier alpha value is -2.74. The fourth-order valence-corrected chi connectivity index (χ4v) is 2.73. The number of rotatable bonds is 5. The van der Waals surface area contributed by atoms with Gasteiger partial charge in [0.25, 0.3) is 5.91 Å². The molecule has 0 saturated heterocycles. The minimum Gasteiger partial charge on any atom is -0.459 e. The second-order valence-corrected chi connectivity index (χ2v) is 5.98. The Kier molecular flexibility index (Phi) is 6.02. The number of amides is 3. The molecule has 126 valence electrons. The topological polar surface area (TPSA) is 91.7 Å². The Morgan fingerprint density at radius 2 is 1.75 bits per heavy atom. The summed E-state index contributed by atoms with van der Waals surface area (Å²) in [4.78, 5) is 37.8. The molecule has 24 heavy (non-hydrogen) atoms. The lowest BCUT2D eigenvalue weighted by Gasteiger charge is -2.12. The van der Waals surface area contributed by atoms with Gasteiger partial charge in [-0.05, 0) is 24.3 Å². The number of carbonyl (C=O) groups excluding carboxylic acids is 3. The summed E-state index contributed by atoms with van der Waals surface area (Å²) in [5, 5.41) is 0. The zero-order chi connectivity index (χ0) is 17.5. The summed E-state index contributed by atoms with van der Waals surface area (Å²) in [6.45, 7) is 0. The maximum atomic E-state index is 12.3. The first kappa shape index (κ1) is 17.6. The summed E-state index contributed by atoms with van der Waals surface area (Å²) < 4.78 is 4.93. The average Bonchev–Trinajstić information content (AvgIpc) is 3.12. The monoisotopic (exact) mass is 347 g/mol. The molecule has 2 aromatic rings. The summed E-state index contributed by atoms with van der Waals surface area (Å²) in [5.74, 6) is -0.775. The molecule has 0 radical (unpaired) electrons. The lowest BCUT2D eigenvalue weighted by atomic mass is 10.2. The number of hydrazine groups is 1. The van der Waals surface area contributed by atoms with E-state index < -0.39 is 11.8 Å². The third kappa shape index (κ3) is 4.63. The van der Waals surface area contributed by atoms with Gasteiger partial charge in [0.2, 0.25) is 5.91 Å². The van der Waals surface area contributed by atoms with Crippen LogP contribution >= 0.6 is 11.8 Å². The molecule has 0 atom stereocenters. The van der Waals surface area contributed by atoms with E-state index in [0.717, 1.165) is 0 Å². The van der Waals surface area contributed by atoms with E-state index in [4.69, 9.17) is 4.42 Å². The molecule has 3 amide bonds. The molecular formula is C16H17N3O4S. The highest BCUT2D eigenvalue weighted by Crippen LogP contribution is 2.22. The maximum absolute atomic E-state index is 12.3. The molecule has 0 unspecified atom stereocenters. The van der Waals surface area contributed by atoms with Gasteiger partial charge in [0.05, 0.1) is 17.6 Å². The minimum absolute atomic E-state index is 0.0543. The van der Waals surface area contributed by atoms with E-state index in [2.05, 4.69) is 10.9 Å². The summed E-state index contributed by atoms with van der Waals surface area (Å²) in [7, 11) is 3.34. The quantitative estimate of drug-likeness (QED) is 0.632. The normalized spacial score (nSPS) is 10.1. The standard InChI is InChI=1S/C16H17N3O4S/c1-19(2)14(20)10-24-13-8-4-3-6-11(13)15(21)17-18-16(22)12-7-5-9-23-12/h3-9H,10H2,1-2H3,(H,17,21)(H,18,22). The number of hydrogen-bond acceptors (Lipinski definition) is 5. The van der Waals surface area contributed by atoms with Crippen LogP contribution in [0.4, 0.5) is 0 Å². The molecule has 0 spiro atoms. The van der Waals surface area contributed by atoms with Crippen LogP contribution in [0.3, 0.4) is 0 Å². The molecule has 7 nitrogen and oxygen atoms in total. The van der Waals surface area contributed by atoms with Crippen LogP contribution in [-0.2, 0) is 4.79 Å². The van der Waals surface area contributed by atoms with Gasteiger partial charge in [-0.1, -0.05) is 12.1 Å². The van der Waals surface area contributed by atoms with Gasteiger partial charge in [-0.25, -0.2) is 0 Å². The van der Waals surface area contributed by atoms with Gasteiger partial charge in [0.15, 0.2) is 5.76 Å². The Labute approximate surface area is 143 Å². The fraction of sp³-hybridized carbons (Fsp3) is 0.188. The van der Waals surface area contributed by atoms with E-state index in [1.807, 2.05) is 0 Å². The van der Waals surface area contributed by atoms with Crippen molar-refractivity contribution in [1.29, 1.82) is 0 Å². The van der Waals surface area contributed by atoms with Crippen molar-refractivity contribution < 1.29 is 18.8 Å². The lowest BCUT2D eigenvalue weighted by molar-refractivity contribution is -0.125. The number of hydrogen-bond donors (Lipinski definition) is 2. The number of nitrogens with one attached hydrogen (secondary N) is 2. The average molecular weight is 347 g/mol. The highest BCUT2D eigenvalue weighted by Gasteiger charge is 2.15. The highest BCUT2D eigenvalue weighted by atomic mass is 32.2. The number of nitrogens with zero attached hydrogens (tertiary/aromatic N) is 1. The van der Waals surface area contributed by atoms with Gasteiger partial charge < -0.3 is 9.32 Å². The highest BCUT2D eigenvalue weighted by molar-refractivity contribution is 8.00. The van der Waals surface area contributed by atoms with Gasteiger partial charge in [-0.3, -0.25) is 25.2 Å². The van der Waals surface area contributed by atoms with Gasteiger partial charge >= 0.3 is 5.91 Å². The van der Waals surface area contributed by atoms with Crippen LogP contribution in [0.15, 0.2) is 52.0 Å². The summed E-state index contributed by atoms with van der Waals surface area (Å²) in [5.41, 5.74) is 4.98. The van der Waals surface area contributed by atoms with E-state index in [9.17, 15) is 14.4 Å². The van der Waals surface area contributed by atoms with Gasteiger partial charge in [0.1, 0.15) is 0 Å². The summed E-state index contributed by atoms with van der Waals surface area (Å²) >= 11 is 1.26. The number of carbonyl (C=O) groups is 3. The minimum atomic E-state index is -0.554. The number of thioether (sulfide) groups is 1. The molecule has 0 aliphatic rings. The van der Waals surface area contributed by atoms with E-state index in [0.29, 0.717) is 10.5 Å². The van der Waals surface area contributed by atoms with Crippen LogP contribution in [0, 0.1) is 0 Å². The zero-order valence-corrected chi connectivity index (χ0v) is 14.1. The predicted molar refractivity (Wildman–Crippen MR) is 89.5 cm³/mol. The van der Waals surface area contributed by atoms with Gasteiger partial charge in [0, 0.05) is 19.0 Å². The second-order valence-electron chi connectivity index (χ2n) is 4.96. The first-order valence-corrected chi connectivity index (χ1v) is 8.03. The van der Waals surface area contributed by atoms with Crippen molar-refractivity contribution in [2.24, 2.45) is 0 Å². The van der Waals surface area contributed by atoms with Crippen LogP contribution in [0.25, 0.3) is 0 Å². The molecule has 1 aromatic carbocycles. The fourth-order valence-electron chi connectivity index (χ4n) is 1.70. The molecule has 0 aliphatic heterocycles. The molecule has 0 bridgehead atoms. The van der Waals surface area contributed by atoms with Crippen molar-refractivity contribution in [1.82, 2.24) is 15.8 Å². The van der Waals surface area contributed by atoms with Crippen molar-refractivity contribution in [3.63, 3.8) is 0 Å². The molecule has 2 N–H and O–H groups in total. The molecule has 8 heteroatoms. The van der Waals surface area contributed by atoms with Crippen LogP contribution in [0.5, 0.6) is 0 Å². The molecule has 0 fully saturated rings. The molecular weight excluding hydrogens is 330 g/mol. The predicted octanol–water partition coefficient (Wildman–Crippen LogP) is 1.53. The van der Waals surface area contributed by atoms with E-state index >= 15 is 0 Å². The van der Waals surface area contributed by atoms with Crippen molar-refractivity contribution in [3.05, 3.63) is 54.0 Å². The van der Waals surface area contributed by atoms with E-state index in [1.165, 1.54) is 29.0 Å². The van der Waals surface area contributed by atoms with Gasteiger partial charge in [-0.15, -0.1) is 11.8 Å². The largest absolute Gasteiger partial charge is 0.459 e. The molecule has 2 rings (SSSR count). The molecule has 1 aromatic heterocycles. The Morgan fingerprint density at radius 3 is 2.42 bits per heavy atom. The van der Waals surface area contributed by atoms with Crippen LogP contribution in [0.1, 0.15) is 20.9 Å². The van der Waals surface area contributed by atoms with Crippen LogP contribution in [0.2, 0.25) is 0 Å². The lowest BCUT2D eigenvalue weighted by Crippen LogP contribution is -2.41. The van der Waals surface area contributed by atoms with Crippen molar-refractivity contribution in [2.45, 2.75) is 4.90 Å². The summed E-state index contributed by atoms with van der Waals surface area (Å²) in [6, 6.07) is 9.91. The smallest absolute Gasteiger partial charge is 0.305 e. The maximum Gasteiger partial charge on any atom is 0.305 e.